The molecule has 2 aromatic heterocycles. The number of primary amides is 1. The van der Waals surface area contributed by atoms with Crippen LogP contribution < -0.4 is 11.1 Å². The summed E-state index contributed by atoms with van der Waals surface area (Å²) in [5.41, 5.74) is 7.45. The Morgan fingerprint density at radius 3 is 2.61 bits per heavy atom. The summed E-state index contributed by atoms with van der Waals surface area (Å²) in [6.45, 7) is 0.0336. The number of aromatic nitrogens is 1. The molecule has 0 saturated carbocycles. The van der Waals surface area contributed by atoms with Gasteiger partial charge in [0.15, 0.2) is 0 Å². The van der Waals surface area contributed by atoms with Crippen LogP contribution in [0.4, 0.5) is 9.39 Å². The van der Waals surface area contributed by atoms with E-state index in [9.17, 15) is 14.0 Å². The third-order valence-electron chi connectivity index (χ3n) is 4.36. The van der Waals surface area contributed by atoms with Crippen LogP contribution in [0.1, 0.15) is 10.4 Å². The second-order valence-electron chi connectivity index (χ2n) is 6.28. The van der Waals surface area contributed by atoms with Crippen LogP contribution >= 0.6 is 11.3 Å². The molecule has 2 aromatic carbocycles. The van der Waals surface area contributed by atoms with Gasteiger partial charge in [-0.05, 0) is 35.9 Å². The maximum atomic E-state index is 13.3. The number of carbonyl (C=O) groups is 2. The molecule has 0 radical (unpaired) electrons. The summed E-state index contributed by atoms with van der Waals surface area (Å²) < 4.78 is 15.0. The van der Waals surface area contributed by atoms with Crippen LogP contribution in [0.15, 0.2) is 66.9 Å². The molecule has 7 heteroatoms. The van der Waals surface area contributed by atoms with E-state index in [-0.39, 0.29) is 23.8 Å². The molecule has 0 saturated heterocycles. The number of rotatable bonds is 5. The fourth-order valence-corrected chi connectivity index (χ4v) is 4.13. The lowest BCUT2D eigenvalue weighted by molar-refractivity contribution is -0.116. The molecule has 5 nitrogen and oxygen atoms in total. The molecule has 0 bridgehead atoms. The maximum absolute atomic E-state index is 13.3. The van der Waals surface area contributed by atoms with E-state index >= 15 is 0 Å². The van der Waals surface area contributed by atoms with Gasteiger partial charge in [-0.1, -0.05) is 30.3 Å². The van der Waals surface area contributed by atoms with Crippen LogP contribution in [0.3, 0.4) is 0 Å². The molecule has 2 heterocycles. The Hall–Kier alpha value is -3.45. The SMILES string of the molecule is NC(=O)c1cc(-c2ccccc2)sc1NC(=O)Cn1ccc2cc(F)ccc21. The van der Waals surface area contributed by atoms with E-state index in [0.29, 0.717) is 10.4 Å². The molecule has 2 amide bonds. The molecule has 0 fully saturated rings. The number of halogens is 1. The van der Waals surface area contributed by atoms with Gasteiger partial charge >= 0.3 is 0 Å². The van der Waals surface area contributed by atoms with Crippen molar-refractivity contribution in [3.8, 4) is 10.4 Å². The first-order valence-corrected chi connectivity index (χ1v) is 9.36. The number of fused-ring (bicyclic) bond motifs is 1. The minimum atomic E-state index is -0.601. The Bertz CT molecular complexity index is 1180. The highest BCUT2D eigenvalue weighted by atomic mass is 32.1. The molecular formula is C21H16FN3O2S. The van der Waals surface area contributed by atoms with Gasteiger partial charge in [0.1, 0.15) is 17.4 Å². The normalized spacial score (nSPS) is 10.9. The van der Waals surface area contributed by atoms with E-state index in [0.717, 1.165) is 16.0 Å². The zero-order valence-electron chi connectivity index (χ0n) is 14.7. The highest BCUT2D eigenvalue weighted by Crippen LogP contribution is 2.35. The van der Waals surface area contributed by atoms with E-state index in [1.165, 1.54) is 23.5 Å². The predicted molar refractivity (Wildman–Crippen MR) is 109 cm³/mol. The van der Waals surface area contributed by atoms with Crippen molar-refractivity contribution in [3.63, 3.8) is 0 Å². The van der Waals surface area contributed by atoms with Gasteiger partial charge in [-0.15, -0.1) is 11.3 Å². The number of carbonyl (C=O) groups excluding carboxylic acids is 2. The van der Waals surface area contributed by atoms with Gasteiger partial charge in [-0.2, -0.15) is 0 Å². The van der Waals surface area contributed by atoms with Crippen LogP contribution in [-0.4, -0.2) is 16.4 Å². The molecule has 0 unspecified atom stereocenters. The standard InChI is InChI=1S/C21H16FN3O2S/c22-15-6-7-17-14(10-15)8-9-25(17)12-19(26)24-21-16(20(23)27)11-18(28-21)13-4-2-1-3-5-13/h1-11H,12H2,(H2,23,27)(H,24,26). The third-order valence-corrected chi connectivity index (χ3v) is 5.46. The van der Waals surface area contributed by atoms with Crippen LogP contribution in [0.5, 0.6) is 0 Å². The molecule has 28 heavy (non-hydrogen) atoms. The zero-order valence-corrected chi connectivity index (χ0v) is 15.5. The molecule has 140 valence electrons. The van der Waals surface area contributed by atoms with Crippen molar-refractivity contribution in [2.24, 2.45) is 5.73 Å². The van der Waals surface area contributed by atoms with Gasteiger partial charge in [0.25, 0.3) is 5.91 Å². The van der Waals surface area contributed by atoms with E-state index in [1.54, 1.807) is 29.0 Å². The van der Waals surface area contributed by atoms with Crippen LogP contribution in [-0.2, 0) is 11.3 Å². The number of nitrogens with two attached hydrogens (primary N) is 1. The fraction of sp³-hybridized carbons (Fsp3) is 0.0476. The highest BCUT2D eigenvalue weighted by Gasteiger charge is 2.17. The van der Waals surface area contributed by atoms with Gasteiger partial charge in [0.05, 0.1) is 5.56 Å². The topological polar surface area (TPSA) is 77.1 Å². The monoisotopic (exact) mass is 393 g/mol. The molecule has 0 aliphatic rings. The number of anilines is 1. The number of hydrogen-bond donors (Lipinski definition) is 2. The second-order valence-corrected chi connectivity index (χ2v) is 7.33. The molecule has 0 atom stereocenters. The smallest absolute Gasteiger partial charge is 0.251 e. The van der Waals surface area contributed by atoms with Crippen molar-refractivity contribution in [2.75, 3.05) is 5.32 Å². The summed E-state index contributed by atoms with van der Waals surface area (Å²) in [6, 6.07) is 17.4. The number of amides is 2. The molecule has 0 spiro atoms. The van der Waals surface area contributed by atoms with Crippen LogP contribution in [0.2, 0.25) is 0 Å². The van der Waals surface area contributed by atoms with Gasteiger partial charge in [-0.3, -0.25) is 9.59 Å². The summed E-state index contributed by atoms with van der Waals surface area (Å²) >= 11 is 1.30. The van der Waals surface area contributed by atoms with Gasteiger partial charge in [-0.25, -0.2) is 4.39 Å². The Kier molecular flexibility index (Phi) is 4.67. The van der Waals surface area contributed by atoms with E-state index in [1.807, 2.05) is 30.3 Å². The molecule has 4 rings (SSSR count). The summed E-state index contributed by atoms with van der Waals surface area (Å²) in [5.74, 6) is -1.23. The average molecular weight is 393 g/mol. The predicted octanol–water partition coefficient (Wildman–Crippen LogP) is 4.25. The lowest BCUT2D eigenvalue weighted by atomic mass is 10.1. The lowest BCUT2D eigenvalue weighted by Crippen LogP contribution is -2.20. The number of benzene rings is 2. The molecule has 3 N–H and O–H groups in total. The molecule has 0 aliphatic carbocycles. The summed E-state index contributed by atoms with van der Waals surface area (Å²) in [4.78, 5) is 25.2. The van der Waals surface area contributed by atoms with Gasteiger partial charge in [0.2, 0.25) is 5.91 Å². The van der Waals surface area contributed by atoms with Crippen molar-refractivity contribution in [1.29, 1.82) is 0 Å². The Morgan fingerprint density at radius 1 is 1.07 bits per heavy atom. The minimum Gasteiger partial charge on any atom is -0.366 e. The number of thiophene rings is 1. The number of nitrogens with one attached hydrogen (secondary N) is 1. The largest absolute Gasteiger partial charge is 0.366 e. The van der Waals surface area contributed by atoms with E-state index in [4.69, 9.17) is 5.73 Å². The van der Waals surface area contributed by atoms with Crippen molar-refractivity contribution in [2.45, 2.75) is 6.54 Å². The first-order valence-electron chi connectivity index (χ1n) is 8.54. The van der Waals surface area contributed by atoms with Crippen molar-refractivity contribution < 1.29 is 14.0 Å². The Balaban J connectivity index is 1.58. The van der Waals surface area contributed by atoms with Crippen LogP contribution in [0.25, 0.3) is 21.3 Å². The van der Waals surface area contributed by atoms with Crippen molar-refractivity contribution in [1.82, 2.24) is 4.57 Å². The number of hydrogen-bond acceptors (Lipinski definition) is 3. The van der Waals surface area contributed by atoms with Crippen LogP contribution in [0, 0.1) is 5.82 Å². The second kappa shape index (κ2) is 7.28. The molecule has 0 aliphatic heterocycles. The van der Waals surface area contributed by atoms with Gasteiger partial charge in [0, 0.05) is 22.0 Å². The summed E-state index contributed by atoms with van der Waals surface area (Å²) in [5, 5.41) is 3.91. The summed E-state index contributed by atoms with van der Waals surface area (Å²) in [6.07, 6.45) is 1.72. The fourth-order valence-electron chi connectivity index (χ4n) is 3.04. The Morgan fingerprint density at radius 2 is 1.86 bits per heavy atom. The summed E-state index contributed by atoms with van der Waals surface area (Å²) in [7, 11) is 0. The highest BCUT2D eigenvalue weighted by molar-refractivity contribution is 7.20. The third kappa shape index (κ3) is 3.52. The van der Waals surface area contributed by atoms with E-state index < -0.39 is 5.91 Å². The van der Waals surface area contributed by atoms with Crippen molar-refractivity contribution in [3.05, 3.63) is 78.2 Å². The Labute approximate surface area is 164 Å². The van der Waals surface area contributed by atoms with E-state index in [2.05, 4.69) is 5.32 Å². The van der Waals surface area contributed by atoms with Gasteiger partial charge < -0.3 is 15.6 Å². The minimum absolute atomic E-state index is 0.0336. The maximum Gasteiger partial charge on any atom is 0.251 e. The molecular weight excluding hydrogens is 377 g/mol. The first-order chi connectivity index (χ1) is 13.5. The average Bonchev–Trinajstić information content (AvgIpc) is 3.27. The first kappa shape index (κ1) is 17.9. The quantitative estimate of drug-likeness (QED) is 0.532. The zero-order chi connectivity index (χ0) is 19.7. The number of nitrogens with zero attached hydrogens (tertiary/aromatic N) is 1. The van der Waals surface area contributed by atoms with Crippen molar-refractivity contribution >= 4 is 39.1 Å². The molecule has 4 aromatic rings. The lowest BCUT2D eigenvalue weighted by Gasteiger charge is -2.07.